The maximum absolute atomic E-state index is 12.8. The van der Waals surface area contributed by atoms with Gasteiger partial charge in [-0.2, -0.15) is 0 Å². The lowest BCUT2D eigenvalue weighted by Crippen LogP contribution is -2.17. The van der Waals surface area contributed by atoms with Crippen LogP contribution in [0.2, 0.25) is 0 Å². The number of fused-ring (bicyclic) bond motifs is 1. The van der Waals surface area contributed by atoms with Gasteiger partial charge in [0.05, 0.1) is 22.3 Å². The minimum Gasteiger partial charge on any atom is -0.291 e. The third-order valence-corrected chi connectivity index (χ3v) is 4.27. The predicted octanol–water partition coefficient (Wildman–Crippen LogP) is 4.29. The van der Waals surface area contributed by atoms with E-state index in [-0.39, 0.29) is 5.91 Å². The van der Waals surface area contributed by atoms with Gasteiger partial charge in [0.15, 0.2) is 0 Å². The molecule has 1 amide bonds. The highest BCUT2D eigenvalue weighted by molar-refractivity contribution is 6.05. The minimum absolute atomic E-state index is 0.220. The lowest BCUT2D eigenvalue weighted by molar-refractivity contribution is 0.102. The number of anilines is 1. The first-order valence-corrected chi connectivity index (χ1v) is 8.42. The highest BCUT2D eigenvalue weighted by atomic mass is 16.1. The van der Waals surface area contributed by atoms with Crippen molar-refractivity contribution >= 4 is 22.9 Å². The van der Waals surface area contributed by atoms with Crippen LogP contribution in [0.1, 0.15) is 21.7 Å². The molecular formula is C21H18N4O. The molecule has 0 aliphatic heterocycles. The fraction of sp³-hybridized carbons (Fsp3) is 0.0952. The number of aromatic nitrogens is 3. The maximum Gasteiger partial charge on any atom is 0.259 e. The van der Waals surface area contributed by atoms with E-state index in [0.29, 0.717) is 17.2 Å². The fourth-order valence-electron chi connectivity index (χ4n) is 3.04. The summed E-state index contributed by atoms with van der Waals surface area (Å²) >= 11 is 0. The number of benzene rings is 2. The van der Waals surface area contributed by atoms with E-state index >= 15 is 0 Å². The van der Waals surface area contributed by atoms with Crippen molar-refractivity contribution in [3.05, 3.63) is 83.7 Å². The Kier molecular flexibility index (Phi) is 3.97. The molecule has 0 spiro atoms. The second-order valence-corrected chi connectivity index (χ2v) is 6.13. The smallest absolute Gasteiger partial charge is 0.259 e. The van der Waals surface area contributed by atoms with E-state index in [4.69, 9.17) is 0 Å². The van der Waals surface area contributed by atoms with Gasteiger partial charge in [0.25, 0.3) is 5.91 Å². The van der Waals surface area contributed by atoms with Gasteiger partial charge >= 0.3 is 0 Å². The average molecular weight is 342 g/mol. The Balaban J connectivity index is 1.80. The van der Waals surface area contributed by atoms with Crippen LogP contribution in [-0.2, 0) is 0 Å². The molecule has 0 saturated heterocycles. The number of imidazole rings is 1. The van der Waals surface area contributed by atoms with Gasteiger partial charge in [0.1, 0.15) is 0 Å². The second-order valence-electron chi connectivity index (χ2n) is 6.13. The fourth-order valence-corrected chi connectivity index (χ4v) is 3.04. The highest BCUT2D eigenvalue weighted by Gasteiger charge is 2.17. The summed E-state index contributed by atoms with van der Waals surface area (Å²) < 4.78 is 1.95. The molecule has 0 atom stereocenters. The van der Waals surface area contributed by atoms with E-state index in [1.165, 1.54) is 0 Å². The van der Waals surface area contributed by atoms with E-state index < -0.39 is 0 Å². The van der Waals surface area contributed by atoms with Crippen LogP contribution >= 0.6 is 0 Å². The number of carbonyl (C=O) groups is 1. The number of carbonyl (C=O) groups excluding carboxylic acids is 1. The van der Waals surface area contributed by atoms with Crippen molar-refractivity contribution in [2.24, 2.45) is 0 Å². The second kappa shape index (κ2) is 6.44. The number of hydrogen-bond donors (Lipinski definition) is 1. The molecule has 4 aromatic rings. The topological polar surface area (TPSA) is 59.8 Å². The molecule has 1 N–H and O–H groups in total. The molecule has 0 aliphatic carbocycles. The molecule has 0 bridgehead atoms. The molecule has 2 aromatic heterocycles. The first kappa shape index (κ1) is 16.0. The summed E-state index contributed by atoms with van der Waals surface area (Å²) in [6, 6.07) is 21.3. The minimum atomic E-state index is -0.220. The zero-order chi connectivity index (χ0) is 18.1. The van der Waals surface area contributed by atoms with Gasteiger partial charge in [-0.3, -0.25) is 19.7 Å². The number of nitrogens with zero attached hydrogens (tertiary/aromatic N) is 3. The molecule has 128 valence electrons. The number of rotatable bonds is 3. The summed E-state index contributed by atoms with van der Waals surface area (Å²) in [6.45, 7) is 3.74. The molecule has 5 nitrogen and oxygen atoms in total. The van der Waals surface area contributed by atoms with E-state index in [2.05, 4.69) is 15.3 Å². The normalized spacial score (nSPS) is 10.8. The van der Waals surface area contributed by atoms with Crippen molar-refractivity contribution in [1.82, 2.24) is 14.5 Å². The number of nitrogens with one attached hydrogen (secondary N) is 1. The van der Waals surface area contributed by atoms with Crippen molar-refractivity contribution < 1.29 is 4.79 Å². The van der Waals surface area contributed by atoms with Crippen molar-refractivity contribution in [1.29, 1.82) is 0 Å². The Morgan fingerprint density at radius 1 is 0.885 bits per heavy atom. The molecule has 0 radical (unpaired) electrons. The number of pyridine rings is 1. The van der Waals surface area contributed by atoms with Crippen molar-refractivity contribution in [2.45, 2.75) is 13.8 Å². The van der Waals surface area contributed by atoms with Crippen molar-refractivity contribution in [2.75, 3.05) is 5.32 Å². The molecule has 26 heavy (non-hydrogen) atoms. The monoisotopic (exact) mass is 342 g/mol. The van der Waals surface area contributed by atoms with E-state index in [0.717, 1.165) is 22.4 Å². The number of para-hydroxylation sites is 3. The third-order valence-electron chi connectivity index (χ3n) is 4.27. The molecule has 0 unspecified atom stereocenters. The molecule has 0 aliphatic rings. The Bertz CT molecular complexity index is 1100. The average Bonchev–Trinajstić information content (AvgIpc) is 3.00. The van der Waals surface area contributed by atoms with E-state index in [9.17, 15) is 4.79 Å². The Hall–Kier alpha value is -3.47. The zero-order valence-electron chi connectivity index (χ0n) is 14.6. The lowest BCUT2D eigenvalue weighted by Gasteiger charge is -2.11. The first-order valence-electron chi connectivity index (χ1n) is 8.42. The Labute approximate surface area is 151 Å². The molecule has 2 aromatic carbocycles. The van der Waals surface area contributed by atoms with Crippen LogP contribution in [0, 0.1) is 13.8 Å². The van der Waals surface area contributed by atoms with Gasteiger partial charge in [-0.25, -0.2) is 4.98 Å². The van der Waals surface area contributed by atoms with Crippen LogP contribution in [0.15, 0.2) is 66.7 Å². The van der Waals surface area contributed by atoms with Gasteiger partial charge in [-0.05, 0) is 50.2 Å². The van der Waals surface area contributed by atoms with Gasteiger partial charge in [-0.1, -0.05) is 30.3 Å². The number of aryl methyl sites for hydroxylation is 2. The zero-order valence-corrected chi connectivity index (χ0v) is 14.6. The summed E-state index contributed by atoms with van der Waals surface area (Å²) in [5.74, 6) is 0.268. The van der Waals surface area contributed by atoms with Crippen LogP contribution in [0.25, 0.3) is 16.7 Å². The summed E-state index contributed by atoms with van der Waals surface area (Å²) in [5, 5.41) is 2.95. The van der Waals surface area contributed by atoms with Crippen LogP contribution in [0.3, 0.4) is 0 Å². The van der Waals surface area contributed by atoms with Gasteiger partial charge in [-0.15, -0.1) is 0 Å². The standard InChI is InChI=1S/C21H18N4O/c1-14-12-13-17(15(2)22-14)20(26)24-21-23-18-10-6-7-11-19(18)25(21)16-8-4-3-5-9-16/h3-13H,1-2H3,(H,23,24,26). The van der Waals surface area contributed by atoms with Crippen molar-refractivity contribution in [3.8, 4) is 5.69 Å². The molecule has 4 rings (SSSR count). The number of hydrogen-bond acceptors (Lipinski definition) is 3. The van der Waals surface area contributed by atoms with Crippen LogP contribution in [0.5, 0.6) is 0 Å². The summed E-state index contributed by atoms with van der Waals surface area (Å²) in [6.07, 6.45) is 0. The summed E-state index contributed by atoms with van der Waals surface area (Å²) in [7, 11) is 0. The summed E-state index contributed by atoms with van der Waals surface area (Å²) in [5.41, 5.74) is 4.83. The van der Waals surface area contributed by atoms with Crippen molar-refractivity contribution in [3.63, 3.8) is 0 Å². The first-order chi connectivity index (χ1) is 12.6. The lowest BCUT2D eigenvalue weighted by atomic mass is 10.2. The van der Waals surface area contributed by atoms with E-state index in [1.54, 1.807) is 6.07 Å². The predicted molar refractivity (Wildman–Crippen MR) is 103 cm³/mol. The third kappa shape index (κ3) is 2.84. The molecule has 0 saturated carbocycles. The quantitative estimate of drug-likeness (QED) is 0.604. The van der Waals surface area contributed by atoms with Gasteiger partial charge in [0, 0.05) is 11.4 Å². The highest BCUT2D eigenvalue weighted by Crippen LogP contribution is 2.25. The molecular weight excluding hydrogens is 324 g/mol. The Morgan fingerprint density at radius 3 is 2.38 bits per heavy atom. The molecule has 5 heteroatoms. The SMILES string of the molecule is Cc1ccc(C(=O)Nc2nc3ccccc3n2-c2ccccc2)c(C)n1. The summed E-state index contributed by atoms with van der Waals surface area (Å²) in [4.78, 5) is 21.8. The van der Waals surface area contributed by atoms with E-state index in [1.807, 2.05) is 79.1 Å². The molecule has 2 heterocycles. The van der Waals surface area contributed by atoms with Gasteiger partial charge < -0.3 is 0 Å². The number of amides is 1. The van der Waals surface area contributed by atoms with Crippen LogP contribution in [-0.4, -0.2) is 20.4 Å². The largest absolute Gasteiger partial charge is 0.291 e. The van der Waals surface area contributed by atoms with Crippen LogP contribution in [0.4, 0.5) is 5.95 Å². The molecule has 0 fully saturated rings. The Morgan fingerprint density at radius 2 is 1.62 bits per heavy atom. The maximum atomic E-state index is 12.8. The van der Waals surface area contributed by atoms with Gasteiger partial charge in [0.2, 0.25) is 5.95 Å². The van der Waals surface area contributed by atoms with Crippen LogP contribution < -0.4 is 5.32 Å².